The van der Waals surface area contributed by atoms with E-state index in [-0.39, 0.29) is 0 Å². The van der Waals surface area contributed by atoms with Crippen molar-refractivity contribution in [3.63, 3.8) is 0 Å². The normalized spacial score (nSPS) is 20.6. The van der Waals surface area contributed by atoms with Crippen LogP contribution in [0, 0.1) is 12.3 Å². The summed E-state index contributed by atoms with van der Waals surface area (Å²) in [5.74, 6) is 0. The summed E-state index contributed by atoms with van der Waals surface area (Å²) < 4.78 is 0. The SMILES string of the molecule is Cc1ncc(CNC2c3ccccc3CCC2(C)C)s1. The molecule has 0 spiro atoms. The molecule has 20 heavy (non-hydrogen) atoms. The smallest absolute Gasteiger partial charge is 0.0897 e. The van der Waals surface area contributed by atoms with E-state index in [2.05, 4.69) is 55.3 Å². The molecule has 1 N–H and O–H groups in total. The molecule has 0 fully saturated rings. The first-order valence-electron chi connectivity index (χ1n) is 7.29. The van der Waals surface area contributed by atoms with Crippen LogP contribution in [-0.4, -0.2) is 4.98 Å². The second-order valence-electron chi connectivity index (χ2n) is 6.35. The zero-order valence-electron chi connectivity index (χ0n) is 12.4. The lowest BCUT2D eigenvalue weighted by Gasteiger charge is -2.40. The van der Waals surface area contributed by atoms with E-state index in [1.807, 2.05) is 6.20 Å². The first-order valence-corrected chi connectivity index (χ1v) is 8.10. The maximum atomic E-state index is 4.34. The van der Waals surface area contributed by atoms with Crippen LogP contribution in [-0.2, 0) is 13.0 Å². The summed E-state index contributed by atoms with van der Waals surface area (Å²) in [5.41, 5.74) is 3.28. The van der Waals surface area contributed by atoms with Gasteiger partial charge in [-0.2, -0.15) is 0 Å². The van der Waals surface area contributed by atoms with Gasteiger partial charge in [0.15, 0.2) is 0 Å². The van der Waals surface area contributed by atoms with Gasteiger partial charge in [0, 0.05) is 23.7 Å². The van der Waals surface area contributed by atoms with E-state index in [0.717, 1.165) is 11.6 Å². The van der Waals surface area contributed by atoms with Gasteiger partial charge in [-0.25, -0.2) is 4.98 Å². The van der Waals surface area contributed by atoms with Crippen molar-refractivity contribution < 1.29 is 0 Å². The average Bonchev–Trinajstić information content (AvgIpc) is 2.83. The summed E-state index contributed by atoms with van der Waals surface area (Å²) in [6, 6.07) is 9.30. The number of hydrogen-bond acceptors (Lipinski definition) is 3. The Balaban J connectivity index is 1.82. The molecule has 1 aromatic carbocycles. The van der Waals surface area contributed by atoms with Gasteiger partial charge < -0.3 is 5.32 Å². The summed E-state index contributed by atoms with van der Waals surface area (Å²) in [6.45, 7) is 7.72. The lowest BCUT2D eigenvalue weighted by Crippen LogP contribution is -2.37. The van der Waals surface area contributed by atoms with Crippen molar-refractivity contribution in [3.05, 3.63) is 51.5 Å². The van der Waals surface area contributed by atoms with Crippen molar-refractivity contribution in [1.82, 2.24) is 10.3 Å². The molecule has 0 bridgehead atoms. The molecule has 3 rings (SSSR count). The minimum Gasteiger partial charge on any atom is -0.304 e. The summed E-state index contributed by atoms with van der Waals surface area (Å²) >= 11 is 1.78. The number of aryl methyl sites for hydroxylation is 2. The molecule has 1 aromatic heterocycles. The standard InChI is InChI=1S/C17H22N2S/c1-12-18-10-14(20-12)11-19-16-15-7-5-4-6-13(15)8-9-17(16,2)3/h4-7,10,16,19H,8-9,11H2,1-3H3. The minimum atomic E-state index is 0.300. The number of hydrogen-bond donors (Lipinski definition) is 1. The molecule has 0 aliphatic heterocycles. The predicted molar refractivity (Wildman–Crippen MR) is 85.0 cm³/mol. The number of aromatic nitrogens is 1. The van der Waals surface area contributed by atoms with Crippen molar-refractivity contribution in [3.8, 4) is 0 Å². The number of benzene rings is 1. The minimum absolute atomic E-state index is 0.300. The largest absolute Gasteiger partial charge is 0.304 e. The van der Waals surface area contributed by atoms with E-state index in [1.54, 1.807) is 11.3 Å². The van der Waals surface area contributed by atoms with Gasteiger partial charge in [0.1, 0.15) is 0 Å². The third kappa shape index (κ3) is 2.65. The highest BCUT2D eigenvalue weighted by molar-refractivity contribution is 7.11. The fourth-order valence-electron chi connectivity index (χ4n) is 3.14. The Morgan fingerprint density at radius 3 is 2.90 bits per heavy atom. The van der Waals surface area contributed by atoms with Crippen molar-refractivity contribution in [2.24, 2.45) is 5.41 Å². The number of rotatable bonds is 3. The maximum absolute atomic E-state index is 4.34. The molecule has 2 nitrogen and oxygen atoms in total. The van der Waals surface area contributed by atoms with Crippen molar-refractivity contribution in [2.75, 3.05) is 0 Å². The number of thiazole rings is 1. The van der Waals surface area contributed by atoms with E-state index in [4.69, 9.17) is 0 Å². The topological polar surface area (TPSA) is 24.9 Å². The maximum Gasteiger partial charge on any atom is 0.0897 e. The second-order valence-corrected chi connectivity index (χ2v) is 7.67. The fourth-order valence-corrected chi connectivity index (χ4v) is 3.89. The van der Waals surface area contributed by atoms with Crippen molar-refractivity contribution >= 4 is 11.3 Å². The van der Waals surface area contributed by atoms with Gasteiger partial charge in [-0.1, -0.05) is 38.1 Å². The number of fused-ring (bicyclic) bond motifs is 1. The fraction of sp³-hybridized carbons (Fsp3) is 0.471. The van der Waals surface area contributed by atoms with Gasteiger partial charge in [0.25, 0.3) is 0 Å². The Kier molecular flexibility index (Phi) is 3.65. The van der Waals surface area contributed by atoms with Crippen LogP contribution in [0.3, 0.4) is 0 Å². The molecule has 0 saturated carbocycles. The molecule has 1 aliphatic rings. The number of nitrogens with one attached hydrogen (secondary N) is 1. The molecule has 0 radical (unpaired) electrons. The van der Waals surface area contributed by atoms with Crippen molar-refractivity contribution in [2.45, 2.75) is 46.2 Å². The van der Waals surface area contributed by atoms with Gasteiger partial charge in [0.05, 0.1) is 5.01 Å². The third-order valence-corrected chi connectivity index (χ3v) is 5.25. The Hall–Kier alpha value is -1.19. The Morgan fingerprint density at radius 2 is 2.15 bits per heavy atom. The van der Waals surface area contributed by atoms with Crippen LogP contribution in [0.2, 0.25) is 0 Å². The lowest BCUT2D eigenvalue weighted by atomic mass is 9.70. The van der Waals surface area contributed by atoms with Gasteiger partial charge in [0.2, 0.25) is 0 Å². The zero-order valence-corrected chi connectivity index (χ0v) is 13.3. The molecule has 106 valence electrons. The van der Waals surface area contributed by atoms with Gasteiger partial charge in [-0.05, 0) is 36.3 Å². The monoisotopic (exact) mass is 286 g/mol. The first kappa shape index (κ1) is 13.8. The van der Waals surface area contributed by atoms with Crippen LogP contribution >= 0.6 is 11.3 Å². The number of nitrogens with zero attached hydrogens (tertiary/aromatic N) is 1. The Labute approximate surface area is 125 Å². The Bertz CT molecular complexity index is 601. The van der Waals surface area contributed by atoms with E-state index in [1.165, 1.54) is 28.8 Å². The summed E-state index contributed by atoms with van der Waals surface area (Å²) in [5, 5.41) is 4.91. The molecule has 1 unspecified atom stereocenters. The summed E-state index contributed by atoms with van der Waals surface area (Å²) in [4.78, 5) is 5.66. The average molecular weight is 286 g/mol. The zero-order chi connectivity index (χ0) is 14.2. The van der Waals surface area contributed by atoms with E-state index in [0.29, 0.717) is 11.5 Å². The molecular weight excluding hydrogens is 264 g/mol. The highest BCUT2D eigenvalue weighted by Crippen LogP contribution is 2.43. The molecule has 1 heterocycles. The van der Waals surface area contributed by atoms with E-state index < -0.39 is 0 Å². The molecule has 0 saturated heterocycles. The molecule has 0 amide bonds. The van der Waals surface area contributed by atoms with Crippen LogP contribution in [0.5, 0.6) is 0 Å². The van der Waals surface area contributed by atoms with Crippen LogP contribution < -0.4 is 5.32 Å². The van der Waals surface area contributed by atoms with Crippen LogP contribution in [0.4, 0.5) is 0 Å². The second kappa shape index (κ2) is 5.30. The Morgan fingerprint density at radius 1 is 1.35 bits per heavy atom. The van der Waals surface area contributed by atoms with Crippen LogP contribution in [0.25, 0.3) is 0 Å². The molecule has 2 aromatic rings. The van der Waals surface area contributed by atoms with E-state index >= 15 is 0 Å². The summed E-state index contributed by atoms with van der Waals surface area (Å²) in [6.07, 6.45) is 4.43. The van der Waals surface area contributed by atoms with Gasteiger partial charge >= 0.3 is 0 Å². The quantitative estimate of drug-likeness (QED) is 0.912. The van der Waals surface area contributed by atoms with E-state index in [9.17, 15) is 0 Å². The molecule has 1 aliphatic carbocycles. The summed E-state index contributed by atoms with van der Waals surface area (Å²) in [7, 11) is 0. The molecule has 3 heteroatoms. The van der Waals surface area contributed by atoms with Crippen LogP contribution in [0.1, 0.15) is 47.3 Å². The van der Waals surface area contributed by atoms with Crippen molar-refractivity contribution in [1.29, 1.82) is 0 Å². The molecular formula is C17H22N2S. The lowest BCUT2D eigenvalue weighted by molar-refractivity contribution is 0.208. The highest BCUT2D eigenvalue weighted by atomic mass is 32.1. The van der Waals surface area contributed by atoms with Gasteiger partial charge in [-0.15, -0.1) is 11.3 Å². The van der Waals surface area contributed by atoms with Gasteiger partial charge in [-0.3, -0.25) is 0 Å². The first-order chi connectivity index (χ1) is 9.56. The molecule has 1 atom stereocenters. The third-order valence-electron chi connectivity index (χ3n) is 4.34. The highest BCUT2D eigenvalue weighted by Gasteiger charge is 2.35. The predicted octanol–water partition coefficient (Wildman–Crippen LogP) is 4.25. The van der Waals surface area contributed by atoms with Crippen LogP contribution in [0.15, 0.2) is 30.5 Å².